The highest BCUT2D eigenvalue weighted by atomic mass is 32.2. The Morgan fingerprint density at radius 3 is 2.62 bits per heavy atom. The van der Waals surface area contributed by atoms with Crippen molar-refractivity contribution in [2.24, 2.45) is 4.99 Å². The zero-order valence-electron chi connectivity index (χ0n) is 22.0. The molecule has 0 aliphatic heterocycles. The fourth-order valence-electron chi connectivity index (χ4n) is 3.14. The molecule has 0 radical (unpaired) electrons. The summed E-state index contributed by atoms with van der Waals surface area (Å²) >= 11 is 4.57. The second kappa shape index (κ2) is 13.9. The number of benzene rings is 2. The molecule has 0 spiro atoms. The van der Waals surface area contributed by atoms with Crippen LogP contribution >= 0.6 is 35.7 Å². The Morgan fingerprint density at radius 1 is 1.16 bits per heavy atom. The van der Waals surface area contributed by atoms with E-state index in [4.69, 9.17) is 18.7 Å². The van der Waals surface area contributed by atoms with Crippen LogP contribution in [0.4, 0.5) is 5.82 Å². The minimum Gasteiger partial charge on any atom is -0.496 e. The van der Waals surface area contributed by atoms with Gasteiger partial charge in [0.25, 0.3) is 0 Å². The van der Waals surface area contributed by atoms with Gasteiger partial charge in [0.05, 0.1) is 24.8 Å². The molecule has 0 aliphatic carbocycles. The third-order valence-electron chi connectivity index (χ3n) is 4.97. The minimum absolute atomic E-state index is 0.127. The van der Waals surface area contributed by atoms with E-state index in [1.54, 1.807) is 32.2 Å². The van der Waals surface area contributed by atoms with Crippen LogP contribution in [0.3, 0.4) is 0 Å². The number of rotatable bonds is 14. The smallest absolute Gasteiger partial charge is 0.191 e. The fourth-order valence-corrected chi connectivity index (χ4v) is 5.23. The number of nitrogens with zero attached hydrogens (tertiary/aromatic N) is 2. The average Bonchev–Trinajstić information content (AvgIpc) is 3.30. The van der Waals surface area contributed by atoms with E-state index in [1.165, 1.54) is 29.3 Å². The molecule has 3 rings (SSSR count). The number of aromatic nitrogens is 1. The molecule has 0 aliphatic rings. The summed E-state index contributed by atoms with van der Waals surface area (Å²) < 4.78 is 29.4. The van der Waals surface area contributed by atoms with E-state index >= 15 is 0 Å². The summed E-state index contributed by atoms with van der Waals surface area (Å²) in [6, 6.07) is 9.76. The van der Waals surface area contributed by atoms with Gasteiger partial charge in [0.15, 0.2) is 11.4 Å². The van der Waals surface area contributed by atoms with E-state index in [0.717, 1.165) is 28.1 Å². The van der Waals surface area contributed by atoms with E-state index in [0.29, 0.717) is 35.4 Å². The molecule has 0 fully saturated rings. The summed E-state index contributed by atoms with van der Waals surface area (Å²) in [7, 11) is 3.27. The second-order valence-electron chi connectivity index (χ2n) is 8.80. The second-order valence-corrected chi connectivity index (χ2v) is 12.2. The van der Waals surface area contributed by atoms with Crippen LogP contribution in [0.15, 0.2) is 55.8 Å². The van der Waals surface area contributed by atoms with Gasteiger partial charge < -0.3 is 23.5 Å². The SMILES string of the molecule is C=N/C(=C\SCOc1cc(OC)c2c(NSc3cc(CC)ccc3OC)noc2c1)CNSC(C)(C)C. The first-order valence-electron chi connectivity index (χ1n) is 11.7. The van der Waals surface area contributed by atoms with Gasteiger partial charge in [-0.25, -0.2) is 0 Å². The first kappa shape index (κ1) is 29.1. The lowest BCUT2D eigenvalue weighted by Crippen LogP contribution is -2.18. The Kier molecular flexibility index (Phi) is 10.9. The molecular formula is C26H34N4O4S3. The molecule has 200 valence electrons. The zero-order chi connectivity index (χ0) is 26.8. The summed E-state index contributed by atoms with van der Waals surface area (Å²) in [4.78, 5) is 5.04. The summed E-state index contributed by atoms with van der Waals surface area (Å²) in [5.41, 5.74) is 2.63. The Labute approximate surface area is 231 Å². The number of methoxy groups -OCH3 is 2. The molecule has 0 amide bonds. The van der Waals surface area contributed by atoms with Crippen molar-refractivity contribution in [3.05, 3.63) is 47.0 Å². The van der Waals surface area contributed by atoms with E-state index in [1.807, 2.05) is 17.5 Å². The van der Waals surface area contributed by atoms with E-state index in [-0.39, 0.29) is 4.75 Å². The molecule has 0 atom stereocenters. The predicted octanol–water partition coefficient (Wildman–Crippen LogP) is 7.17. The van der Waals surface area contributed by atoms with Crippen molar-refractivity contribution < 1.29 is 18.7 Å². The number of nitrogens with one attached hydrogen (secondary N) is 2. The molecule has 37 heavy (non-hydrogen) atoms. The number of aryl methyl sites for hydroxylation is 1. The molecule has 2 aromatic carbocycles. The molecule has 11 heteroatoms. The van der Waals surface area contributed by atoms with Crippen molar-refractivity contribution >= 4 is 59.2 Å². The summed E-state index contributed by atoms with van der Waals surface area (Å²) in [5.74, 6) is 2.96. The number of hydrogen-bond donors (Lipinski definition) is 2. The Bertz CT molecular complexity index is 1220. The third kappa shape index (κ3) is 8.53. The Balaban J connectivity index is 1.65. The molecule has 3 aromatic rings. The molecule has 1 heterocycles. The van der Waals surface area contributed by atoms with Crippen LogP contribution in [0, 0.1) is 0 Å². The van der Waals surface area contributed by atoms with Crippen molar-refractivity contribution in [3.8, 4) is 17.2 Å². The lowest BCUT2D eigenvalue weighted by molar-refractivity contribution is 0.382. The number of ether oxygens (including phenoxy) is 3. The lowest BCUT2D eigenvalue weighted by Gasteiger charge is -2.17. The fraction of sp³-hybridized carbons (Fsp3) is 0.385. The van der Waals surface area contributed by atoms with E-state index in [2.05, 4.69) is 66.1 Å². The van der Waals surface area contributed by atoms with Gasteiger partial charge in [0.1, 0.15) is 28.6 Å². The lowest BCUT2D eigenvalue weighted by atomic mass is 10.2. The average molecular weight is 563 g/mol. The van der Waals surface area contributed by atoms with Gasteiger partial charge >= 0.3 is 0 Å². The van der Waals surface area contributed by atoms with Gasteiger partial charge in [-0.1, -0.05) is 41.9 Å². The predicted molar refractivity (Wildman–Crippen MR) is 158 cm³/mol. The van der Waals surface area contributed by atoms with Gasteiger partial charge in [0, 0.05) is 23.4 Å². The first-order chi connectivity index (χ1) is 17.8. The number of thioether (sulfide) groups is 1. The summed E-state index contributed by atoms with van der Waals surface area (Å²) in [5, 5.41) is 6.88. The van der Waals surface area contributed by atoms with Gasteiger partial charge in [-0.2, -0.15) is 0 Å². The minimum atomic E-state index is 0.127. The van der Waals surface area contributed by atoms with Crippen molar-refractivity contribution in [1.82, 2.24) is 9.88 Å². The van der Waals surface area contributed by atoms with Crippen molar-refractivity contribution in [2.75, 3.05) is 31.4 Å². The molecule has 2 N–H and O–H groups in total. The Morgan fingerprint density at radius 2 is 1.95 bits per heavy atom. The van der Waals surface area contributed by atoms with Gasteiger partial charge in [-0.05, 0) is 69.0 Å². The summed E-state index contributed by atoms with van der Waals surface area (Å²) in [6.45, 7) is 12.8. The highest BCUT2D eigenvalue weighted by Crippen LogP contribution is 2.39. The first-order valence-corrected chi connectivity index (χ1v) is 14.3. The van der Waals surface area contributed by atoms with E-state index in [9.17, 15) is 0 Å². The standard InChI is InChI=1S/C26H34N4O4S3/c1-8-17-9-10-20(31-6)23(11-17)36-30-25-24-21(32-7)12-19(13-22(24)34-29-25)33-16-35-15-18(27-5)14-28-37-26(2,3)4/h9-13,15,28H,5,8,14,16H2,1-4,6-7H3,(H,29,30)/b18-15-. The van der Waals surface area contributed by atoms with Crippen LogP contribution in [0.2, 0.25) is 0 Å². The van der Waals surface area contributed by atoms with Gasteiger partial charge in [0.2, 0.25) is 0 Å². The highest BCUT2D eigenvalue weighted by Gasteiger charge is 2.17. The van der Waals surface area contributed by atoms with Crippen molar-refractivity contribution in [2.45, 2.75) is 43.8 Å². The Hall–Kier alpha value is -2.47. The molecule has 0 saturated carbocycles. The molecule has 1 aromatic heterocycles. The quantitative estimate of drug-likeness (QED) is 0.0911. The zero-order valence-corrected chi connectivity index (χ0v) is 24.5. The molecule has 0 saturated heterocycles. The number of fused-ring (bicyclic) bond motifs is 1. The van der Waals surface area contributed by atoms with Crippen LogP contribution in [0.1, 0.15) is 33.3 Å². The third-order valence-corrected chi connectivity index (χ3v) is 7.40. The maximum absolute atomic E-state index is 5.93. The largest absolute Gasteiger partial charge is 0.496 e. The number of aliphatic imine (C=N–C) groups is 1. The maximum Gasteiger partial charge on any atom is 0.191 e. The normalized spacial score (nSPS) is 12.0. The van der Waals surface area contributed by atoms with Crippen LogP contribution in [0.25, 0.3) is 11.0 Å². The van der Waals surface area contributed by atoms with Crippen LogP contribution in [0.5, 0.6) is 17.2 Å². The van der Waals surface area contributed by atoms with E-state index < -0.39 is 0 Å². The molecular weight excluding hydrogens is 529 g/mol. The maximum atomic E-state index is 5.93. The molecule has 0 bridgehead atoms. The van der Waals surface area contributed by atoms with Crippen LogP contribution in [-0.4, -0.2) is 43.3 Å². The van der Waals surface area contributed by atoms with Crippen molar-refractivity contribution in [1.29, 1.82) is 0 Å². The van der Waals surface area contributed by atoms with Crippen LogP contribution in [-0.2, 0) is 6.42 Å². The van der Waals surface area contributed by atoms with Gasteiger partial charge in [-0.3, -0.25) is 9.71 Å². The number of hydrogen-bond acceptors (Lipinski definition) is 11. The van der Waals surface area contributed by atoms with Gasteiger partial charge in [-0.15, -0.1) is 0 Å². The number of anilines is 1. The highest BCUT2D eigenvalue weighted by molar-refractivity contribution is 8.02. The van der Waals surface area contributed by atoms with Crippen LogP contribution < -0.4 is 23.7 Å². The summed E-state index contributed by atoms with van der Waals surface area (Å²) in [6.07, 6.45) is 0.938. The monoisotopic (exact) mass is 562 g/mol. The molecule has 0 unspecified atom stereocenters. The topological polar surface area (TPSA) is 90.1 Å². The molecule has 8 nitrogen and oxygen atoms in total. The van der Waals surface area contributed by atoms with Crippen molar-refractivity contribution in [3.63, 3.8) is 0 Å².